The van der Waals surface area contributed by atoms with Gasteiger partial charge in [-0.15, -0.1) is 0 Å². The van der Waals surface area contributed by atoms with Crippen LogP contribution in [0, 0.1) is 6.92 Å². The molecule has 35 heavy (non-hydrogen) atoms. The van der Waals surface area contributed by atoms with Crippen molar-refractivity contribution in [3.8, 4) is 5.75 Å². The number of anilines is 1. The first-order valence-electron chi connectivity index (χ1n) is 11.7. The molecule has 0 bridgehead atoms. The van der Waals surface area contributed by atoms with Gasteiger partial charge in [0.1, 0.15) is 10.1 Å². The van der Waals surface area contributed by atoms with E-state index in [0.717, 1.165) is 22.4 Å². The van der Waals surface area contributed by atoms with E-state index in [4.69, 9.17) is 17.0 Å². The number of amides is 2. The highest BCUT2D eigenvalue weighted by Crippen LogP contribution is 2.39. The Bertz CT molecular complexity index is 1230. The summed E-state index contributed by atoms with van der Waals surface area (Å²) in [6, 6.07) is 10.6. The van der Waals surface area contributed by atoms with E-state index >= 15 is 0 Å². The molecule has 0 aliphatic carbocycles. The maximum Gasteiger partial charge on any atom is 0.265 e. The van der Waals surface area contributed by atoms with E-state index in [9.17, 15) is 9.59 Å². The van der Waals surface area contributed by atoms with E-state index in [1.165, 1.54) is 22.9 Å². The van der Waals surface area contributed by atoms with E-state index in [1.807, 2.05) is 25.1 Å². The van der Waals surface area contributed by atoms with Crippen LogP contribution in [-0.2, 0) is 27.0 Å². The summed E-state index contributed by atoms with van der Waals surface area (Å²) in [5.41, 5.74) is 6.00. The fraction of sp³-hybridized carbons (Fsp3) is 0.393. The minimum absolute atomic E-state index is 0.00585. The lowest BCUT2D eigenvalue weighted by atomic mass is 9.79. The number of hydrogen-bond donors (Lipinski definition) is 1. The van der Waals surface area contributed by atoms with E-state index < -0.39 is 0 Å². The SMILES string of the molecule is Cc1cc(C=C2SC(=S)NC2=O)cc2c1OCC(=O)N2Cc1cc(C(C)(C)C)cc(C(C)(C)C)c1. The van der Waals surface area contributed by atoms with Crippen molar-refractivity contribution in [1.82, 2.24) is 5.32 Å². The Morgan fingerprint density at radius 3 is 2.20 bits per heavy atom. The van der Waals surface area contributed by atoms with Crippen molar-refractivity contribution in [1.29, 1.82) is 0 Å². The molecule has 2 heterocycles. The Morgan fingerprint density at radius 1 is 1.03 bits per heavy atom. The van der Waals surface area contributed by atoms with Gasteiger partial charge < -0.3 is 15.0 Å². The van der Waals surface area contributed by atoms with Crippen LogP contribution in [0.2, 0.25) is 0 Å². The molecule has 0 saturated carbocycles. The number of nitrogens with one attached hydrogen (secondary N) is 1. The number of hydrogen-bond acceptors (Lipinski definition) is 5. The van der Waals surface area contributed by atoms with Gasteiger partial charge in [0.15, 0.2) is 6.61 Å². The molecule has 2 amide bonds. The molecule has 2 aliphatic rings. The van der Waals surface area contributed by atoms with Crippen LogP contribution in [0.1, 0.15) is 69.4 Å². The Balaban J connectivity index is 1.77. The predicted octanol–water partition coefficient (Wildman–Crippen LogP) is 6.00. The molecule has 0 unspecified atom stereocenters. The average molecular weight is 509 g/mol. The highest BCUT2D eigenvalue weighted by Gasteiger charge is 2.29. The second-order valence-electron chi connectivity index (χ2n) is 11.2. The summed E-state index contributed by atoms with van der Waals surface area (Å²) in [6.45, 7) is 15.7. The fourth-order valence-corrected chi connectivity index (χ4v) is 5.22. The molecule has 1 saturated heterocycles. The summed E-state index contributed by atoms with van der Waals surface area (Å²) < 4.78 is 6.28. The minimum atomic E-state index is -0.201. The molecular weight excluding hydrogens is 476 g/mol. The largest absolute Gasteiger partial charge is 0.481 e. The standard InChI is InChI=1S/C28H32N2O3S2/c1-16-8-17(12-22-25(32)29-26(34)35-22)11-21-24(16)33-15-23(31)30(21)14-18-9-19(27(2,3)4)13-20(10-18)28(5,6)7/h8-13H,14-15H2,1-7H3,(H,29,32,34). The number of aryl methyl sites for hydroxylation is 1. The van der Waals surface area contributed by atoms with Gasteiger partial charge in [0, 0.05) is 0 Å². The molecule has 1 fully saturated rings. The third-order valence-electron chi connectivity index (χ3n) is 6.21. The number of nitrogens with zero attached hydrogens (tertiary/aromatic N) is 1. The number of carbonyl (C=O) groups excluding carboxylic acids is 2. The quantitative estimate of drug-likeness (QED) is 0.407. The maximum atomic E-state index is 13.1. The summed E-state index contributed by atoms with van der Waals surface area (Å²) in [7, 11) is 0. The molecule has 5 nitrogen and oxygen atoms in total. The van der Waals surface area contributed by atoms with Crippen molar-refractivity contribution in [3.05, 3.63) is 63.1 Å². The molecule has 2 aromatic carbocycles. The second kappa shape index (κ2) is 9.10. The summed E-state index contributed by atoms with van der Waals surface area (Å²) in [5, 5.41) is 2.65. The fourth-order valence-electron chi connectivity index (χ4n) is 4.18. The lowest BCUT2D eigenvalue weighted by Gasteiger charge is -2.32. The summed E-state index contributed by atoms with van der Waals surface area (Å²) >= 11 is 6.35. The first-order valence-corrected chi connectivity index (χ1v) is 12.9. The first kappa shape index (κ1) is 25.5. The van der Waals surface area contributed by atoms with Crippen molar-refractivity contribution < 1.29 is 14.3 Å². The van der Waals surface area contributed by atoms with Crippen molar-refractivity contribution in [3.63, 3.8) is 0 Å². The summed E-state index contributed by atoms with van der Waals surface area (Å²) in [4.78, 5) is 27.6. The van der Waals surface area contributed by atoms with Gasteiger partial charge in [0.05, 0.1) is 17.1 Å². The maximum absolute atomic E-state index is 13.1. The normalized spacial score (nSPS) is 17.5. The molecule has 0 aromatic heterocycles. The zero-order valence-electron chi connectivity index (χ0n) is 21.4. The van der Waals surface area contributed by atoms with Crippen LogP contribution < -0.4 is 15.0 Å². The number of ether oxygens (including phenoxy) is 1. The van der Waals surface area contributed by atoms with E-state index in [0.29, 0.717) is 21.5 Å². The third kappa shape index (κ3) is 5.46. The number of thiocarbonyl (C=S) groups is 1. The molecular formula is C28H32N2O3S2. The minimum Gasteiger partial charge on any atom is -0.481 e. The van der Waals surface area contributed by atoms with Gasteiger partial charge in [-0.25, -0.2) is 0 Å². The Morgan fingerprint density at radius 2 is 1.66 bits per heavy atom. The molecule has 0 spiro atoms. The number of rotatable bonds is 3. The van der Waals surface area contributed by atoms with Crippen molar-refractivity contribution in [2.24, 2.45) is 0 Å². The Hall–Kier alpha value is -2.64. The topological polar surface area (TPSA) is 58.6 Å². The summed E-state index contributed by atoms with van der Waals surface area (Å²) in [6.07, 6.45) is 1.81. The van der Waals surface area contributed by atoms with E-state index in [1.54, 1.807) is 4.90 Å². The van der Waals surface area contributed by atoms with Crippen molar-refractivity contribution in [2.45, 2.75) is 65.8 Å². The van der Waals surface area contributed by atoms with Gasteiger partial charge >= 0.3 is 0 Å². The molecule has 4 rings (SSSR count). The van der Waals surface area contributed by atoms with Crippen LogP contribution in [0.15, 0.2) is 35.2 Å². The Kier molecular flexibility index (Phi) is 6.62. The number of thioether (sulfide) groups is 1. The van der Waals surface area contributed by atoms with Crippen LogP contribution in [0.4, 0.5) is 5.69 Å². The number of benzene rings is 2. The molecule has 0 atom stereocenters. The van der Waals surface area contributed by atoms with Crippen LogP contribution in [0.5, 0.6) is 5.75 Å². The molecule has 0 radical (unpaired) electrons. The molecule has 7 heteroatoms. The molecule has 1 N–H and O–H groups in total. The molecule has 184 valence electrons. The predicted molar refractivity (Wildman–Crippen MR) is 148 cm³/mol. The zero-order valence-corrected chi connectivity index (χ0v) is 23.0. The molecule has 2 aromatic rings. The number of carbonyl (C=O) groups is 2. The van der Waals surface area contributed by atoms with Crippen LogP contribution in [0.3, 0.4) is 0 Å². The Labute approximate surface area is 217 Å². The van der Waals surface area contributed by atoms with Gasteiger partial charge in [-0.05, 0) is 63.8 Å². The third-order valence-corrected chi connectivity index (χ3v) is 7.38. The highest BCUT2D eigenvalue weighted by molar-refractivity contribution is 8.26. The highest BCUT2D eigenvalue weighted by atomic mass is 32.2. The van der Waals surface area contributed by atoms with Gasteiger partial charge in [-0.2, -0.15) is 0 Å². The van der Waals surface area contributed by atoms with Crippen LogP contribution in [-0.4, -0.2) is 22.7 Å². The van der Waals surface area contributed by atoms with Gasteiger partial charge in [0.25, 0.3) is 11.8 Å². The van der Waals surface area contributed by atoms with Crippen molar-refractivity contribution in [2.75, 3.05) is 11.5 Å². The summed E-state index contributed by atoms with van der Waals surface area (Å²) in [5.74, 6) is 0.413. The smallest absolute Gasteiger partial charge is 0.265 e. The second-order valence-corrected chi connectivity index (χ2v) is 12.9. The number of fused-ring (bicyclic) bond motifs is 1. The van der Waals surface area contributed by atoms with E-state index in [-0.39, 0.29) is 29.3 Å². The molecule has 2 aliphatic heterocycles. The zero-order chi connectivity index (χ0) is 25.7. The average Bonchev–Trinajstić information content (AvgIpc) is 3.05. The first-order chi connectivity index (χ1) is 16.2. The lowest BCUT2D eigenvalue weighted by Crippen LogP contribution is -2.38. The van der Waals surface area contributed by atoms with E-state index in [2.05, 4.69) is 65.1 Å². The van der Waals surface area contributed by atoms with Crippen LogP contribution in [0.25, 0.3) is 6.08 Å². The van der Waals surface area contributed by atoms with Gasteiger partial charge in [0.2, 0.25) is 0 Å². The van der Waals surface area contributed by atoms with Crippen molar-refractivity contribution >= 4 is 51.9 Å². The van der Waals surface area contributed by atoms with Gasteiger partial charge in [-0.3, -0.25) is 9.59 Å². The van der Waals surface area contributed by atoms with Crippen LogP contribution >= 0.6 is 24.0 Å². The lowest BCUT2D eigenvalue weighted by molar-refractivity contribution is -0.121. The monoisotopic (exact) mass is 508 g/mol. The van der Waals surface area contributed by atoms with Gasteiger partial charge in [-0.1, -0.05) is 83.7 Å².